The van der Waals surface area contributed by atoms with Crippen LogP contribution in [0.15, 0.2) is 16.6 Å². The SMILES string of the molecule is CCn1c(C)nc(-c2cc(Br)c3c(c2)OCCCO3)c1N. The lowest BCUT2D eigenvalue weighted by molar-refractivity contribution is 0.296. The molecule has 0 fully saturated rings. The zero-order valence-electron chi connectivity index (χ0n) is 12.1. The molecule has 2 heterocycles. The Kier molecular flexibility index (Phi) is 3.80. The Hall–Kier alpha value is -1.69. The van der Waals surface area contributed by atoms with Crippen molar-refractivity contribution < 1.29 is 9.47 Å². The summed E-state index contributed by atoms with van der Waals surface area (Å²) in [7, 11) is 0. The first-order valence-corrected chi connectivity index (χ1v) is 7.83. The van der Waals surface area contributed by atoms with Gasteiger partial charge in [-0.3, -0.25) is 0 Å². The van der Waals surface area contributed by atoms with Crippen LogP contribution in [0.5, 0.6) is 11.5 Å². The van der Waals surface area contributed by atoms with Gasteiger partial charge in [-0.15, -0.1) is 0 Å². The number of anilines is 1. The molecule has 112 valence electrons. The molecule has 0 unspecified atom stereocenters. The molecule has 3 rings (SSSR count). The highest BCUT2D eigenvalue weighted by molar-refractivity contribution is 9.10. The average Bonchev–Trinajstić information content (AvgIpc) is 2.65. The van der Waals surface area contributed by atoms with E-state index in [2.05, 4.69) is 27.8 Å². The maximum atomic E-state index is 6.22. The molecule has 0 atom stereocenters. The topological polar surface area (TPSA) is 62.3 Å². The first-order valence-electron chi connectivity index (χ1n) is 7.04. The number of nitrogen functional groups attached to an aromatic ring is 1. The number of benzene rings is 1. The van der Waals surface area contributed by atoms with Crippen LogP contribution in [0.25, 0.3) is 11.3 Å². The van der Waals surface area contributed by atoms with Gasteiger partial charge < -0.3 is 19.8 Å². The molecule has 0 amide bonds. The van der Waals surface area contributed by atoms with Gasteiger partial charge in [0.2, 0.25) is 0 Å². The number of fused-ring (bicyclic) bond motifs is 1. The van der Waals surface area contributed by atoms with Gasteiger partial charge in [-0.2, -0.15) is 0 Å². The minimum atomic E-state index is 0.654. The summed E-state index contributed by atoms with van der Waals surface area (Å²) >= 11 is 3.55. The minimum Gasteiger partial charge on any atom is -0.489 e. The maximum Gasteiger partial charge on any atom is 0.175 e. The van der Waals surface area contributed by atoms with Crippen LogP contribution in [-0.2, 0) is 6.54 Å². The van der Waals surface area contributed by atoms with Gasteiger partial charge in [-0.25, -0.2) is 4.98 Å². The summed E-state index contributed by atoms with van der Waals surface area (Å²) in [6, 6.07) is 3.93. The largest absolute Gasteiger partial charge is 0.489 e. The molecule has 0 bridgehead atoms. The lowest BCUT2D eigenvalue weighted by Gasteiger charge is -2.11. The van der Waals surface area contributed by atoms with E-state index in [-0.39, 0.29) is 0 Å². The Morgan fingerprint density at radius 3 is 2.81 bits per heavy atom. The average molecular weight is 352 g/mol. The van der Waals surface area contributed by atoms with E-state index in [1.54, 1.807) is 0 Å². The third-order valence-corrected chi connectivity index (χ3v) is 4.18. The highest BCUT2D eigenvalue weighted by atomic mass is 79.9. The molecule has 21 heavy (non-hydrogen) atoms. The van der Waals surface area contributed by atoms with E-state index in [1.165, 1.54) is 0 Å². The van der Waals surface area contributed by atoms with Crippen LogP contribution in [0.1, 0.15) is 19.2 Å². The number of ether oxygens (including phenoxy) is 2. The molecule has 2 N–H and O–H groups in total. The molecule has 0 spiro atoms. The zero-order chi connectivity index (χ0) is 15.0. The second-order valence-corrected chi connectivity index (χ2v) is 5.83. The molecule has 2 aromatic rings. The third kappa shape index (κ3) is 2.48. The van der Waals surface area contributed by atoms with Crippen molar-refractivity contribution in [1.29, 1.82) is 0 Å². The summed E-state index contributed by atoms with van der Waals surface area (Å²) in [5.74, 6) is 3.08. The molecule has 0 aliphatic carbocycles. The summed E-state index contributed by atoms with van der Waals surface area (Å²) in [5.41, 5.74) is 7.93. The first kappa shape index (κ1) is 14.3. The second-order valence-electron chi connectivity index (χ2n) is 4.97. The number of hydrogen-bond acceptors (Lipinski definition) is 4. The molecule has 0 saturated heterocycles. The van der Waals surface area contributed by atoms with Crippen molar-refractivity contribution in [3.63, 3.8) is 0 Å². The van der Waals surface area contributed by atoms with Gasteiger partial charge >= 0.3 is 0 Å². The van der Waals surface area contributed by atoms with Crippen LogP contribution in [0, 0.1) is 6.92 Å². The maximum absolute atomic E-state index is 6.22. The number of aryl methyl sites for hydroxylation is 1. The molecular weight excluding hydrogens is 334 g/mol. The van der Waals surface area contributed by atoms with Crippen molar-refractivity contribution in [3.8, 4) is 22.8 Å². The van der Waals surface area contributed by atoms with Gasteiger partial charge in [-0.1, -0.05) is 0 Å². The molecule has 1 aliphatic rings. The number of imidazole rings is 1. The van der Waals surface area contributed by atoms with Gasteiger partial charge in [0.15, 0.2) is 11.5 Å². The summed E-state index contributed by atoms with van der Waals surface area (Å²) in [4.78, 5) is 4.59. The predicted molar refractivity (Wildman–Crippen MR) is 85.8 cm³/mol. The molecule has 1 aromatic heterocycles. The number of nitrogens with two attached hydrogens (primary N) is 1. The highest BCUT2D eigenvalue weighted by Crippen LogP contribution is 2.41. The number of nitrogens with zero attached hydrogens (tertiary/aromatic N) is 2. The van der Waals surface area contributed by atoms with Gasteiger partial charge in [0.25, 0.3) is 0 Å². The van der Waals surface area contributed by atoms with E-state index in [9.17, 15) is 0 Å². The van der Waals surface area contributed by atoms with Crippen LogP contribution in [0.2, 0.25) is 0 Å². The zero-order valence-corrected chi connectivity index (χ0v) is 13.7. The molecule has 1 aromatic carbocycles. The smallest absolute Gasteiger partial charge is 0.175 e. The second kappa shape index (κ2) is 5.60. The molecule has 1 aliphatic heterocycles. The fraction of sp³-hybridized carbons (Fsp3) is 0.400. The van der Waals surface area contributed by atoms with E-state index < -0.39 is 0 Å². The predicted octanol–water partition coefficient (Wildman–Crippen LogP) is 3.38. The fourth-order valence-electron chi connectivity index (χ4n) is 2.56. The fourth-order valence-corrected chi connectivity index (χ4v) is 3.12. The van der Waals surface area contributed by atoms with Crippen LogP contribution in [0.4, 0.5) is 5.82 Å². The van der Waals surface area contributed by atoms with Crippen LogP contribution in [-0.4, -0.2) is 22.8 Å². The first-order chi connectivity index (χ1) is 10.1. The van der Waals surface area contributed by atoms with Gasteiger partial charge in [0.05, 0.1) is 17.7 Å². The number of halogens is 1. The minimum absolute atomic E-state index is 0.654. The molecule has 5 nitrogen and oxygen atoms in total. The van der Waals surface area contributed by atoms with Crippen molar-refractivity contribution in [3.05, 3.63) is 22.4 Å². The van der Waals surface area contributed by atoms with E-state index in [0.717, 1.165) is 46.0 Å². The lowest BCUT2D eigenvalue weighted by atomic mass is 10.1. The van der Waals surface area contributed by atoms with Crippen molar-refractivity contribution >= 4 is 21.7 Å². The van der Waals surface area contributed by atoms with E-state index in [1.807, 2.05) is 23.6 Å². The van der Waals surface area contributed by atoms with E-state index >= 15 is 0 Å². The number of aromatic nitrogens is 2. The standard InChI is InChI=1S/C15H18BrN3O2/c1-3-19-9(2)18-13(15(19)17)10-7-11(16)14-12(8-10)20-5-4-6-21-14/h7-8H,3-6,17H2,1-2H3. The summed E-state index contributed by atoms with van der Waals surface area (Å²) in [6.07, 6.45) is 0.877. The number of hydrogen-bond donors (Lipinski definition) is 1. The Morgan fingerprint density at radius 1 is 1.33 bits per heavy atom. The molecule has 0 saturated carbocycles. The Balaban J connectivity index is 2.12. The summed E-state index contributed by atoms with van der Waals surface area (Å²) in [6.45, 7) is 6.13. The number of rotatable bonds is 2. The molecule has 0 radical (unpaired) electrons. The Morgan fingerprint density at radius 2 is 2.10 bits per heavy atom. The van der Waals surface area contributed by atoms with Crippen molar-refractivity contribution in [2.24, 2.45) is 0 Å². The van der Waals surface area contributed by atoms with Gasteiger partial charge in [0, 0.05) is 18.5 Å². The van der Waals surface area contributed by atoms with Crippen molar-refractivity contribution in [2.75, 3.05) is 18.9 Å². The van der Waals surface area contributed by atoms with Gasteiger partial charge in [0.1, 0.15) is 17.3 Å². The monoisotopic (exact) mass is 351 g/mol. The highest BCUT2D eigenvalue weighted by Gasteiger charge is 2.19. The third-order valence-electron chi connectivity index (χ3n) is 3.59. The Labute approximate surface area is 132 Å². The quantitative estimate of drug-likeness (QED) is 0.900. The summed E-state index contributed by atoms with van der Waals surface area (Å²) in [5, 5.41) is 0. The van der Waals surface area contributed by atoms with Crippen LogP contribution in [0.3, 0.4) is 0 Å². The Bertz CT molecular complexity index is 682. The molecular formula is C15H18BrN3O2. The molecule has 6 heteroatoms. The van der Waals surface area contributed by atoms with Crippen molar-refractivity contribution in [2.45, 2.75) is 26.8 Å². The normalized spacial score (nSPS) is 14.0. The van der Waals surface area contributed by atoms with E-state index in [0.29, 0.717) is 19.0 Å². The lowest BCUT2D eigenvalue weighted by Crippen LogP contribution is -2.02. The van der Waals surface area contributed by atoms with Crippen LogP contribution < -0.4 is 15.2 Å². The van der Waals surface area contributed by atoms with E-state index in [4.69, 9.17) is 15.2 Å². The van der Waals surface area contributed by atoms with Crippen molar-refractivity contribution in [1.82, 2.24) is 9.55 Å². The van der Waals surface area contributed by atoms with Gasteiger partial charge in [-0.05, 0) is 41.9 Å². The summed E-state index contributed by atoms with van der Waals surface area (Å²) < 4.78 is 14.3. The van der Waals surface area contributed by atoms with Crippen LogP contribution >= 0.6 is 15.9 Å².